The van der Waals surface area contributed by atoms with Crippen LogP contribution >= 0.6 is 0 Å². The van der Waals surface area contributed by atoms with E-state index >= 15 is 0 Å². The van der Waals surface area contributed by atoms with E-state index in [0.717, 1.165) is 22.5 Å². The maximum Gasteiger partial charge on any atom is 0.573 e. The van der Waals surface area contributed by atoms with Gasteiger partial charge in [-0.25, -0.2) is 9.97 Å². The number of alkyl halides is 3. The van der Waals surface area contributed by atoms with Gasteiger partial charge in [-0.2, -0.15) is 0 Å². The van der Waals surface area contributed by atoms with Crippen molar-refractivity contribution in [3.05, 3.63) is 103 Å². The van der Waals surface area contributed by atoms with E-state index in [9.17, 15) is 13.2 Å². The molecule has 0 fully saturated rings. The number of ether oxygens (including phenoxy) is 1. The second kappa shape index (κ2) is 10.6. The summed E-state index contributed by atoms with van der Waals surface area (Å²) in [4.78, 5) is 22.4. The minimum Gasteiger partial charge on any atom is -0.406 e. The van der Waals surface area contributed by atoms with Crippen LogP contribution in [-0.2, 0) is 6.54 Å². The second-order valence-electron chi connectivity index (χ2n) is 8.37. The fourth-order valence-electron chi connectivity index (χ4n) is 3.68. The van der Waals surface area contributed by atoms with Gasteiger partial charge in [0.1, 0.15) is 11.6 Å². The molecule has 0 radical (unpaired) electrons. The summed E-state index contributed by atoms with van der Waals surface area (Å²) in [5.74, 6) is 0.831. The summed E-state index contributed by atoms with van der Waals surface area (Å²) < 4.78 is 41.5. The van der Waals surface area contributed by atoms with E-state index in [1.54, 1.807) is 36.9 Å². The van der Waals surface area contributed by atoms with Crippen molar-refractivity contribution in [2.24, 2.45) is 0 Å². The normalized spacial score (nSPS) is 11.3. The highest BCUT2D eigenvalue weighted by atomic mass is 19.4. The quantitative estimate of drug-likeness (QED) is 0.266. The molecule has 0 spiro atoms. The van der Waals surface area contributed by atoms with Crippen molar-refractivity contribution in [3.63, 3.8) is 0 Å². The lowest BCUT2D eigenvalue weighted by molar-refractivity contribution is -0.274. The summed E-state index contributed by atoms with van der Waals surface area (Å²) in [6.07, 6.45) is 1.98. The van der Waals surface area contributed by atoms with Crippen LogP contribution in [0.4, 0.5) is 19.0 Å². The molecule has 190 valence electrons. The summed E-state index contributed by atoms with van der Waals surface area (Å²) >= 11 is 0. The van der Waals surface area contributed by atoms with Crippen LogP contribution in [0.2, 0.25) is 0 Å². The fraction of sp³-hybridized carbons (Fsp3) is 0.107. The van der Waals surface area contributed by atoms with Crippen LogP contribution in [-0.4, -0.2) is 31.3 Å². The molecule has 5 aromatic rings. The fourth-order valence-corrected chi connectivity index (χ4v) is 3.68. The minimum absolute atomic E-state index is 0.289. The first-order valence-electron chi connectivity index (χ1n) is 11.6. The molecule has 0 amide bonds. The largest absolute Gasteiger partial charge is 0.573 e. The highest BCUT2D eigenvalue weighted by Crippen LogP contribution is 2.30. The molecule has 0 aliphatic rings. The van der Waals surface area contributed by atoms with E-state index in [1.165, 1.54) is 12.1 Å². The third kappa shape index (κ3) is 6.28. The smallest absolute Gasteiger partial charge is 0.406 e. The molecule has 0 bridgehead atoms. The Labute approximate surface area is 216 Å². The van der Waals surface area contributed by atoms with Gasteiger partial charge in [-0.05, 0) is 30.7 Å². The number of aryl methyl sites for hydroxylation is 1. The Hall–Kier alpha value is -4.86. The van der Waals surface area contributed by atoms with Crippen molar-refractivity contribution >= 4 is 5.82 Å². The number of pyridine rings is 1. The molecule has 0 saturated heterocycles. The molecule has 38 heavy (non-hydrogen) atoms. The van der Waals surface area contributed by atoms with Crippen LogP contribution in [0.1, 0.15) is 11.4 Å². The number of aromatic nitrogens is 5. The van der Waals surface area contributed by atoms with Gasteiger partial charge in [-0.1, -0.05) is 42.5 Å². The van der Waals surface area contributed by atoms with Crippen molar-refractivity contribution in [1.82, 2.24) is 24.9 Å². The Morgan fingerprint density at radius 2 is 1.53 bits per heavy atom. The minimum atomic E-state index is -4.75. The first-order valence-corrected chi connectivity index (χ1v) is 11.6. The molecule has 0 atom stereocenters. The van der Waals surface area contributed by atoms with E-state index in [1.807, 2.05) is 49.4 Å². The summed E-state index contributed by atoms with van der Waals surface area (Å²) in [6, 6.07) is 18.9. The average molecular weight is 515 g/mol. The molecule has 5 rings (SSSR count). The third-order valence-electron chi connectivity index (χ3n) is 5.50. The summed E-state index contributed by atoms with van der Waals surface area (Å²) in [5, 5.41) is 3.29. The number of anilines is 1. The molecule has 0 aliphatic heterocycles. The van der Waals surface area contributed by atoms with Crippen molar-refractivity contribution in [2.75, 3.05) is 5.32 Å². The highest BCUT2D eigenvalue weighted by Gasteiger charge is 2.31. The average Bonchev–Trinajstić information content (AvgIpc) is 2.93. The van der Waals surface area contributed by atoms with Gasteiger partial charge in [0.2, 0.25) is 0 Å². The van der Waals surface area contributed by atoms with Crippen LogP contribution in [0.15, 0.2) is 91.5 Å². The van der Waals surface area contributed by atoms with E-state index in [0.29, 0.717) is 35.0 Å². The first-order chi connectivity index (χ1) is 18.3. The van der Waals surface area contributed by atoms with E-state index in [4.69, 9.17) is 4.98 Å². The Morgan fingerprint density at radius 3 is 2.24 bits per heavy atom. The molecule has 1 N–H and O–H groups in total. The van der Waals surface area contributed by atoms with Crippen LogP contribution in [0, 0.1) is 6.92 Å². The molecular formula is C28H21F3N6O. The van der Waals surface area contributed by atoms with Crippen LogP contribution in [0.5, 0.6) is 5.75 Å². The number of nitrogens with zero attached hydrogens (tertiary/aromatic N) is 5. The molecule has 0 aliphatic carbocycles. The Kier molecular flexibility index (Phi) is 6.94. The predicted molar refractivity (Wildman–Crippen MR) is 137 cm³/mol. The summed E-state index contributed by atoms with van der Waals surface area (Å²) in [7, 11) is 0. The van der Waals surface area contributed by atoms with Crippen LogP contribution < -0.4 is 10.1 Å². The second-order valence-corrected chi connectivity index (χ2v) is 8.37. The monoisotopic (exact) mass is 514 g/mol. The number of nitrogens with one attached hydrogen (secondary N) is 1. The standard InChI is InChI=1S/C28H21F3N6O/c1-18-13-34-23(16-33-18)17-35-26-12-25(36-27(37-26)20-5-3-2-4-6-20)22-11-21(14-32-15-22)19-7-9-24(10-8-19)38-28(29,30)31/h2-16H,17H2,1H3,(H,35,36,37). The lowest BCUT2D eigenvalue weighted by atomic mass is 10.0. The number of halogens is 3. The Bertz CT molecular complexity index is 1530. The molecule has 7 nitrogen and oxygen atoms in total. The Balaban J connectivity index is 1.47. The van der Waals surface area contributed by atoms with Crippen molar-refractivity contribution in [1.29, 1.82) is 0 Å². The van der Waals surface area contributed by atoms with Gasteiger partial charge in [0.15, 0.2) is 5.82 Å². The van der Waals surface area contributed by atoms with Gasteiger partial charge >= 0.3 is 6.36 Å². The van der Waals surface area contributed by atoms with Gasteiger partial charge in [0.25, 0.3) is 0 Å². The maximum atomic E-state index is 12.5. The molecule has 0 unspecified atom stereocenters. The first kappa shape index (κ1) is 24.8. The lowest BCUT2D eigenvalue weighted by Gasteiger charge is -2.12. The number of hydrogen-bond donors (Lipinski definition) is 1. The number of hydrogen-bond acceptors (Lipinski definition) is 7. The molecule has 2 aromatic carbocycles. The van der Waals surface area contributed by atoms with Crippen molar-refractivity contribution in [3.8, 4) is 39.5 Å². The zero-order valence-electron chi connectivity index (χ0n) is 20.1. The van der Waals surface area contributed by atoms with E-state index in [-0.39, 0.29) is 5.75 Å². The maximum absolute atomic E-state index is 12.5. The SMILES string of the molecule is Cc1cnc(CNc2cc(-c3cncc(-c4ccc(OC(F)(F)F)cc4)c3)nc(-c3ccccc3)n2)cn1. The van der Waals surface area contributed by atoms with E-state index in [2.05, 4.69) is 30.0 Å². The van der Waals surface area contributed by atoms with E-state index < -0.39 is 6.36 Å². The summed E-state index contributed by atoms with van der Waals surface area (Å²) in [5.41, 5.74) is 5.18. The number of rotatable bonds is 7. The Morgan fingerprint density at radius 1 is 0.763 bits per heavy atom. The summed E-state index contributed by atoms with van der Waals surface area (Å²) in [6.45, 7) is 2.29. The highest BCUT2D eigenvalue weighted by molar-refractivity contribution is 5.73. The zero-order chi connectivity index (χ0) is 26.5. The predicted octanol–water partition coefficient (Wildman–Crippen LogP) is 6.48. The zero-order valence-corrected chi connectivity index (χ0v) is 20.1. The number of benzene rings is 2. The van der Waals surface area contributed by atoms with Crippen molar-refractivity contribution < 1.29 is 17.9 Å². The topological polar surface area (TPSA) is 85.7 Å². The lowest BCUT2D eigenvalue weighted by Crippen LogP contribution is -2.16. The molecular weight excluding hydrogens is 493 g/mol. The molecule has 3 aromatic heterocycles. The van der Waals surface area contributed by atoms with Crippen LogP contribution in [0.3, 0.4) is 0 Å². The van der Waals surface area contributed by atoms with Gasteiger partial charge in [-0.3, -0.25) is 15.0 Å². The third-order valence-corrected chi connectivity index (χ3v) is 5.50. The van der Waals surface area contributed by atoms with Gasteiger partial charge in [-0.15, -0.1) is 13.2 Å². The van der Waals surface area contributed by atoms with Gasteiger partial charge in [0, 0.05) is 41.3 Å². The van der Waals surface area contributed by atoms with Crippen LogP contribution in [0.25, 0.3) is 33.8 Å². The van der Waals surface area contributed by atoms with Crippen molar-refractivity contribution in [2.45, 2.75) is 19.8 Å². The molecule has 10 heteroatoms. The van der Waals surface area contributed by atoms with Gasteiger partial charge < -0.3 is 10.1 Å². The molecule has 3 heterocycles. The van der Waals surface area contributed by atoms with Gasteiger partial charge in [0.05, 0.1) is 29.8 Å². The molecule has 0 saturated carbocycles.